The molecule has 1 fully saturated rings. The van der Waals surface area contributed by atoms with Crippen molar-refractivity contribution in [3.63, 3.8) is 0 Å². The molecule has 1 aliphatic rings. The number of aryl methyl sites for hydroxylation is 2. The number of carbonyl (C=O) groups is 2. The Bertz CT molecular complexity index is 1490. The standard InChI is InChI=1S/C32H37Cl2N3O4S/c1-4-30(32(39)35-24-11-8-9-12-24)36(20-27-28(33)15-10-16-29(27)34)31(38)21-37(25-18-22(2)17-23(3)19-25)42(40,41)26-13-6-5-7-14-26/h5-7,10,13-19,24,30H,4,8-9,11-12,20-21H2,1-3H3,(H,35,39). The fourth-order valence-electron chi connectivity index (χ4n) is 5.48. The molecule has 1 atom stereocenters. The number of hydrogen-bond donors (Lipinski definition) is 1. The molecule has 0 aromatic heterocycles. The van der Waals surface area contributed by atoms with E-state index in [1.165, 1.54) is 17.0 Å². The number of benzene rings is 3. The van der Waals surface area contributed by atoms with E-state index in [2.05, 4.69) is 5.32 Å². The zero-order chi connectivity index (χ0) is 30.4. The normalized spacial score (nSPS) is 14.4. The van der Waals surface area contributed by atoms with Gasteiger partial charge in [0.25, 0.3) is 10.0 Å². The minimum Gasteiger partial charge on any atom is -0.352 e. The second-order valence-electron chi connectivity index (χ2n) is 10.8. The highest BCUT2D eigenvalue weighted by molar-refractivity contribution is 7.92. The Morgan fingerprint density at radius 3 is 2.10 bits per heavy atom. The lowest BCUT2D eigenvalue weighted by atomic mass is 10.1. The number of amides is 2. The average molecular weight is 631 g/mol. The Morgan fingerprint density at radius 1 is 0.929 bits per heavy atom. The first kappa shape index (κ1) is 31.9. The molecule has 0 heterocycles. The molecule has 1 saturated carbocycles. The van der Waals surface area contributed by atoms with Crippen LogP contribution >= 0.6 is 23.2 Å². The highest BCUT2D eigenvalue weighted by Gasteiger charge is 2.35. The van der Waals surface area contributed by atoms with Gasteiger partial charge in [-0.1, -0.05) is 73.3 Å². The van der Waals surface area contributed by atoms with Crippen molar-refractivity contribution in [2.45, 2.75) is 76.4 Å². The van der Waals surface area contributed by atoms with Gasteiger partial charge in [0.1, 0.15) is 12.6 Å². The van der Waals surface area contributed by atoms with Gasteiger partial charge in [0, 0.05) is 28.2 Å². The van der Waals surface area contributed by atoms with E-state index in [-0.39, 0.29) is 23.4 Å². The van der Waals surface area contributed by atoms with Gasteiger partial charge in [0.2, 0.25) is 11.8 Å². The fourth-order valence-corrected chi connectivity index (χ4v) is 7.42. The summed E-state index contributed by atoms with van der Waals surface area (Å²) in [6.07, 6.45) is 4.19. The first-order chi connectivity index (χ1) is 20.0. The van der Waals surface area contributed by atoms with Crippen LogP contribution in [0.2, 0.25) is 10.0 Å². The molecule has 0 radical (unpaired) electrons. The SMILES string of the molecule is CCC(C(=O)NC1CCCC1)N(Cc1c(Cl)cccc1Cl)C(=O)CN(c1cc(C)cc(C)c1)S(=O)(=O)c1ccccc1. The van der Waals surface area contributed by atoms with Crippen LogP contribution in [-0.2, 0) is 26.2 Å². The topological polar surface area (TPSA) is 86.8 Å². The lowest BCUT2D eigenvalue weighted by molar-refractivity contribution is -0.140. The largest absolute Gasteiger partial charge is 0.352 e. The molecule has 42 heavy (non-hydrogen) atoms. The van der Waals surface area contributed by atoms with Gasteiger partial charge in [-0.25, -0.2) is 8.42 Å². The lowest BCUT2D eigenvalue weighted by Gasteiger charge is -2.34. The van der Waals surface area contributed by atoms with Crippen molar-refractivity contribution in [2.24, 2.45) is 0 Å². The Kier molecular flexibility index (Phi) is 10.6. The maximum Gasteiger partial charge on any atom is 0.264 e. The molecular weight excluding hydrogens is 593 g/mol. The summed E-state index contributed by atoms with van der Waals surface area (Å²) in [5.74, 6) is -0.817. The summed E-state index contributed by atoms with van der Waals surface area (Å²) in [7, 11) is -4.14. The number of anilines is 1. The van der Waals surface area contributed by atoms with Crippen molar-refractivity contribution >= 4 is 50.7 Å². The van der Waals surface area contributed by atoms with Crippen molar-refractivity contribution in [1.82, 2.24) is 10.2 Å². The van der Waals surface area contributed by atoms with Crippen LogP contribution in [0.3, 0.4) is 0 Å². The Morgan fingerprint density at radius 2 is 1.52 bits per heavy atom. The van der Waals surface area contributed by atoms with Crippen molar-refractivity contribution in [2.75, 3.05) is 10.8 Å². The van der Waals surface area contributed by atoms with Crippen molar-refractivity contribution < 1.29 is 18.0 Å². The first-order valence-electron chi connectivity index (χ1n) is 14.2. The summed E-state index contributed by atoms with van der Waals surface area (Å²) in [4.78, 5) is 29.4. The van der Waals surface area contributed by atoms with E-state index < -0.39 is 28.5 Å². The maximum absolute atomic E-state index is 14.3. The van der Waals surface area contributed by atoms with Gasteiger partial charge in [-0.05, 0) is 80.6 Å². The van der Waals surface area contributed by atoms with Gasteiger partial charge < -0.3 is 10.2 Å². The molecule has 10 heteroatoms. The molecule has 1 N–H and O–H groups in total. The van der Waals surface area contributed by atoms with Gasteiger partial charge in [-0.2, -0.15) is 0 Å². The summed E-state index contributed by atoms with van der Waals surface area (Å²) in [5, 5.41) is 3.82. The lowest BCUT2D eigenvalue weighted by Crippen LogP contribution is -2.53. The van der Waals surface area contributed by atoms with Crippen LogP contribution in [0.5, 0.6) is 0 Å². The van der Waals surface area contributed by atoms with Gasteiger partial charge >= 0.3 is 0 Å². The predicted molar refractivity (Wildman–Crippen MR) is 168 cm³/mol. The van der Waals surface area contributed by atoms with Gasteiger partial charge in [0.15, 0.2) is 0 Å². The fraction of sp³-hybridized carbons (Fsp3) is 0.375. The van der Waals surface area contributed by atoms with E-state index >= 15 is 0 Å². The molecule has 0 saturated heterocycles. The second-order valence-corrected chi connectivity index (χ2v) is 13.5. The van der Waals surface area contributed by atoms with Gasteiger partial charge in [0.05, 0.1) is 10.6 Å². The van der Waals surface area contributed by atoms with Crippen molar-refractivity contribution in [3.8, 4) is 0 Å². The molecule has 4 rings (SSSR count). The third-order valence-corrected chi connectivity index (χ3v) is 10.1. The molecule has 3 aromatic rings. The van der Waals surface area contributed by atoms with Crippen LogP contribution in [0, 0.1) is 13.8 Å². The molecule has 0 bridgehead atoms. The Hall–Kier alpha value is -3.07. The minimum absolute atomic E-state index is 0.0534. The number of halogens is 2. The number of sulfonamides is 1. The van der Waals surface area contributed by atoms with Crippen LogP contribution in [0.25, 0.3) is 0 Å². The summed E-state index contributed by atoms with van der Waals surface area (Å²) in [5.41, 5.74) is 2.56. The molecule has 0 spiro atoms. The number of nitrogens with one attached hydrogen (secondary N) is 1. The smallest absolute Gasteiger partial charge is 0.264 e. The van der Waals surface area contributed by atoms with Crippen LogP contribution in [0.4, 0.5) is 5.69 Å². The third-order valence-electron chi connectivity index (χ3n) is 7.58. The van der Waals surface area contributed by atoms with Crippen LogP contribution in [0.15, 0.2) is 71.6 Å². The van der Waals surface area contributed by atoms with E-state index in [0.717, 1.165) is 41.1 Å². The van der Waals surface area contributed by atoms with Gasteiger partial charge in [-0.3, -0.25) is 13.9 Å². The average Bonchev–Trinajstić information content (AvgIpc) is 3.46. The zero-order valence-electron chi connectivity index (χ0n) is 24.1. The molecule has 1 aliphatic carbocycles. The molecule has 1 unspecified atom stereocenters. The predicted octanol–water partition coefficient (Wildman–Crippen LogP) is 6.67. The molecule has 2 amide bonds. The number of nitrogens with zero attached hydrogens (tertiary/aromatic N) is 2. The van der Waals surface area contributed by atoms with Crippen molar-refractivity contribution in [1.29, 1.82) is 0 Å². The molecule has 7 nitrogen and oxygen atoms in total. The second kappa shape index (κ2) is 13.9. The summed E-state index contributed by atoms with van der Waals surface area (Å²) >= 11 is 13.0. The number of carbonyl (C=O) groups excluding carboxylic acids is 2. The van der Waals surface area contributed by atoms with E-state index in [0.29, 0.717) is 27.7 Å². The Balaban J connectivity index is 1.76. The van der Waals surface area contributed by atoms with E-state index in [9.17, 15) is 18.0 Å². The van der Waals surface area contributed by atoms with Gasteiger partial charge in [-0.15, -0.1) is 0 Å². The summed E-state index contributed by atoms with van der Waals surface area (Å²) in [6, 6.07) is 17.7. The Labute approximate surface area is 258 Å². The monoisotopic (exact) mass is 629 g/mol. The minimum atomic E-state index is -4.14. The third kappa shape index (κ3) is 7.46. The first-order valence-corrected chi connectivity index (χ1v) is 16.4. The highest BCUT2D eigenvalue weighted by Crippen LogP contribution is 2.30. The van der Waals surface area contributed by atoms with E-state index in [1.54, 1.807) is 48.5 Å². The van der Waals surface area contributed by atoms with Crippen molar-refractivity contribution in [3.05, 3.63) is 93.5 Å². The summed E-state index contributed by atoms with van der Waals surface area (Å²) < 4.78 is 29.2. The zero-order valence-corrected chi connectivity index (χ0v) is 26.5. The number of rotatable bonds is 11. The van der Waals surface area contributed by atoms with Crippen LogP contribution in [0.1, 0.15) is 55.7 Å². The quantitative estimate of drug-likeness (QED) is 0.256. The molecule has 0 aliphatic heterocycles. The maximum atomic E-state index is 14.3. The molecule has 3 aromatic carbocycles. The highest BCUT2D eigenvalue weighted by atomic mass is 35.5. The van der Waals surface area contributed by atoms with E-state index in [4.69, 9.17) is 23.2 Å². The summed E-state index contributed by atoms with van der Waals surface area (Å²) in [6.45, 7) is 5.00. The van der Waals surface area contributed by atoms with Crippen LogP contribution < -0.4 is 9.62 Å². The number of hydrogen-bond acceptors (Lipinski definition) is 4. The van der Waals surface area contributed by atoms with Crippen LogP contribution in [-0.4, -0.2) is 43.8 Å². The van der Waals surface area contributed by atoms with E-state index in [1.807, 2.05) is 26.8 Å². The molecular formula is C32H37Cl2N3O4S. The molecule has 224 valence electrons.